The summed E-state index contributed by atoms with van der Waals surface area (Å²) in [6.07, 6.45) is 13.3. The Morgan fingerprint density at radius 3 is 2.59 bits per heavy atom. The van der Waals surface area contributed by atoms with Crippen molar-refractivity contribution >= 4 is 5.97 Å². The quantitative estimate of drug-likeness (QED) is 0.289. The second kappa shape index (κ2) is 8.79. The van der Waals surface area contributed by atoms with Crippen LogP contribution in [-0.4, -0.2) is 24.3 Å². The van der Waals surface area contributed by atoms with Gasteiger partial charge in [0.1, 0.15) is 5.41 Å². The van der Waals surface area contributed by atoms with Crippen molar-refractivity contribution in [3.8, 4) is 6.07 Å². The lowest BCUT2D eigenvalue weighted by Gasteiger charge is -2.57. The molecule has 0 aromatic heterocycles. The topological polar surface area (TPSA) is 70.3 Å². The van der Waals surface area contributed by atoms with E-state index >= 15 is 0 Å². The average molecular weight is 442 g/mol. The number of hydrogen-bond donors (Lipinski definition) is 1. The molecule has 0 unspecified atom stereocenters. The van der Waals surface area contributed by atoms with Gasteiger partial charge in [-0.1, -0.05) is 77.9 Å². The number of unbranched alkanes of at least 4 members (excludes halogenated alkanes) is 5. The molecule has 1 N–H and O–H groups in total. The summed E-state index contributed by atoms with van der Waals surface area (Å²) in [5.74, 6) is 0.745. The van der Waals surface area contributed by atoms with Gasteiger partial charge in [0.05, 0.1) is 18.1 Å². The first-order valence-corrected chi connectivity index (χ1v) is 13.3. The number of aliphatic carboxylic acids is 1. The maximum atomic E-state index is 13.3. The molecule has 7 atom stereocenters. The Balaban J connectivity index is 1.63. The number of carboxylic acids is 1. The second-order valence-electron chi connectivity index (χ2n) is 11.7. The number of nitriles is 1. The molecule has 0 aromatic rings. The zero-order chi connectivity index (χ0) is 23.1. The normalized spacial score (nSPS) is 41.6. The van der Waals surface area contributed by atoms with Gasteiger partial charge in [0, 0.05) is 12.0 Å². The highest BCUT2D eigenvalue weighted by Gasteiger charge is 2.84. The predicted molar refractivity (Wildman–Crippen MR) is 126 cm³/mol. The van der Waals surface area contributed by atoms with Crippen molar-refractivity contribution in [2.75, 3.05) is 13.2 Å². The summed E-state index contributed by atoms with van der Waals surface area (Å²) < 4.78 is 6.35. The number of hydrogen-bond acceptors (Lipinski definition) is 3. The molecule has 4 bridgehead atoms. The summed E-state index contributed by atoms with van der Waals surface area (Å²) in [6.45, 7) is 9.96. The Kier molecular flexibility index (Phi) is 6.54. The molecule has 32 heavy (non-hydrogen) atoms. The highest BCUT2D eigenvalue weighted by atomic mass is 16.5. The lowest BCUT2D eigenvalue weighted by Crippen LogP contribution is -2.62. The number of carboxylic acid groups (broad SMARTS) is 1. The fourth-order valence-corrected chi connectivity index (χ4v) is 8.78. The molecule has 0 heterocycles. The number of fused-ring (bicyclic) bond motifs is 2. The molecule has 0 saturated heterocycles. The van der Waals surface area contributed by atoms with Crippen LogP contribution in [0.4, 0.5) is 0 Å². The third kappa shape index (κ3) is 2.99. The van der Waals surface area contributed by atoms with E-state index in [1.165, 1.54) is 32.1 Å². The van der Waals surface area contributed by atoms with Gasteiger partial charge in [-0.2, -0.15) is 5.26 Å². The maximum absolute atomic E-state index is 13.3. The summed E-state index contributed by atoms with van der Waals surface area (Å²) in [5.41, 5.74) is -1.31. The van der Waals surface area contributed by atoms with Gasteiger partial charge in [-0.25, -0.2) is 0 Å². The first-order valence-electron chi connectivity index (χ1n) is 13.3. The van der Waals surface area contributed by atoms with Crippen LogP contribution in [0.1, 0.15) is 91.9 Å². The van der Waals surface area contributed by atoms with Crippen LogP contribution >= 0.6 is 0 Å². The van der Waals surface area contributed by atoms with E-state index in [0.29, 0.717) is 31.5 Å². The second-order valence-corrected chi connectivity index (χ2v) is 11.7. The Morgan fingerprint density at radius 2 is 1.94 bits per heavy atom. The van der Waals surface area contributed by atoms with Crippen LogP contribution in [0.15, 0.2) is 11.6 Å². The molecule has 4 nitrogen and oxygen atoms in total. The monoisotopic (exact) mass is 441 g/mol. The third-order valence-electron chi connectivity index (χ3n) is 10.0. The molecular formula is C28H43NO3. The molecular weight excluding hydrogens is 398 g/mol. The van der Waals surface area contributed by atoms with E-state index in [1.54, 1.807) is 0 Å². The molecule has 4 aliphatic rings. The molecule has 0 amide bonds. The van der Waals surface area contributed by atoms with Crippen LogP contribution in [0.2, 0.25) is 0 Å². The van der Waals surface area contributed by atoms with Crippen LogP contribution in [0.3, 0.4) is 0 Å². The van der Waals surface area contributed by atoms with E-state index in [1.807, 2.05) is 0 Å². The van der Waals surface area contributed by atoms with Gasteiger partial charge in [0.15, 0.2) is 0 Å². The fraction of sp³-hybridized carbons (Fsp3) is 0.857. The van der Waals surface area contributed by atoms with E-state index in [0.717, 1.165) is 31.3 Å². The van der Waals surface area contributed by atoms with Crippen LogP contribution in [-0.2, 0) is 9.53 Å². The number of rotatable bonds is 11. The molecule has 3 saturated carbocycles. The number of ether oxygens (including phenoxy) is 1. The minimum Gasteiger partial charge on any atom is -0.481 e. The van der Waals surface area contributed by atoms with Crippen molar-refractivity contribution in [1.29, 1.82) is 5.26 Å². The summed E-state index contributed by atoms with van der Waals surface area (Å²) in [5, 5.41) is 21.6. The summed E-state index contributed by atoms with van der Waals surface area (Å²) in [4.78, 5) is 13.3. The first kappa shape index (κ1) is 23.8. The molecule has 4 rings (SSSR count). The maximum Gasteiger partial charge on any atom is 0.316 e. The van der Waals surface area contributed by atoms with E-state index in [4.69, 9.17) is 4.74 Å². The summed E-state index contributed by atoms with van der Waals surface area (Å²) in [7, 11) is 0. The Hall–Kier alpha value is -1.34. The first-order chi connectivity index (χ1) is 15.3. The van der Waals surface area contributed by atoms with Crippen molar-refractivity contribution in [2.24, 2.45) is 45.8 Å². The Bertz CT molecular complexity index is 797. The Labute approximate surface area is 194 Å². The largest absolute Gasteiger partial charge is 0.481 e. The molecule has 0 aromatic carbocycles. The minimum atomic E-state index is -1.08. The van der Waals surface area contributed by atoms with Gasteiger partial charge in [-0.15, -0.1) is 0 Å². The zero-order valence-corrected chi connectivity index (χ0v) is 20.7. The van der Waals surface area contributed by atoms with Gasteiger partial charge < -0.3 is 9.84 Å². The standard InChI is InChI=1S/C28H43NO3/c1-5-6-7-8-9-10-13-32-18-27-16-22-20(4)11-12-23(22)26(17-29)15-21(27)14-24(19(2)3)28(26,27)25(30)31/h14,19-23H,5-13,15-16,18H2,1-4H3,(H,30,31)/t20-,21+,22-,23-,26+,27+,28+/m0/s1. The lowest BCUT2D eigenvalue weighted by molar-refractivity contribution is -0.179. The molecule has 3 fully saturated rings. The van der Waals surface area contributed by atoms with E-state index < -0.39 is 22.2 Å². The van der Waals surface area contributed by atoms with Crippen LogP contribution in [0.5, 0.6) is 0 Å². The van der Waals surface area contributed by atoms with Crippen LogP contribution in [0.25, 0.3) is 0 Å². The van der Waals surface area contributed by atoms with E-state index in [9.17, 15) is 15.2 Å². The molecule has 4 aliphatic carbocycles. The van der Waals surface area contributed by atoms with Crippen molar-refractivity contribution < 1.29 is 14.6 Å². The SMILES string of the molecule is CCCCCCCCOC[C@]12C[C@H]3[C@@H](C)CC[C@@H]3[C@]3(C#N)C[C@H]1C=C(C(C)C)[C@]23C(=O)O. The van der Waals surface area contributed by atoms with Crippen molar-refractivity contribution in [3.05, 3.63) is 11.6 Å². The van der Waals surface area contributed by atoms with Crippen molar-refractivity contribution in [3.63, 3.8) is 0 Å². The molecule has 0 spiro atoms. The molecule has 0 radical (unpaired) electrons. The highest BCUT2D eigenvalue weighted by Crippen LogP contribution is 2.83. The Morgan fingerprint density at radius 1 is 1.22 bits per heavy atom. The number of carbonyl (C=O) groups is 1. The fourth-order valence-electron chi connectivity index (χ4n) is 8.78. The molecule has 178 valence electrons. The van der Waals surface area contributed by atoms with Gasteiger partial charge in [0.25, 0.3) is 0 Å². The third-order valence-corrected chi connectivity index (χ3v) is 10.0. The highest BCUT2D eigenvalue weighted by molar-refractivity contribution is 5.85. The smallest absolute Gasteiger partial charge is 0.316 e. The van der Waals surface area contributed by atoms with Gasteiger partial charge in [-0.3, -0.25) is 4.79 Å². The molecule has 0 aliphatic heterocycles. The van der Waals surface area contributed by atoms with Crippen molar-refractivity contribution in [2.45, 2.75) is 91.9 Å². The lowest BCUT2D eigenvalue weighted by atomic mass is 9.43. The number of nitrogens with zero attached hydrogens (tertiary/aromatic N) is 1. The van der Waals surface area contributed by atoms with E-state index in [-0.39, 0.29) is 17.8 Å². The average Bonchev–Trinajstić information content (AvgIpc) is 3.33. The minimum absolute atomic E-state index is 0.137. The van der Waals surface area contributed by atoms with Crippen LogP contribution in [0, 0.1) is 57.2 Å². The van der Waals surface area contributed by atoms with Crippen molar-refractivity contribution in [1.82, 2.24) is 0 Å². The zero-order valence-electron chi connectivity index (χ0n) is 20.7. The van der Waals surface area contributed by atoms with Gasteiger partial charge >= 0.3 is 5.97 Å². The van der Waals surface area contributed by atoms with Gasteiger partial charge in [0.2, 0.25) is 0 Å². The van der Waals surface area contributed by atoms with E-state index in [2.05, 4.69) is 39.8 Å². The summed E-state index contributed by atoms with van der Waals surface area (Å²) >= 11 is 0. The number of allylic oxidation sites excluding steroid dienone is 1. The van der Waals surface area contributed by atoms with Crippen LogP contribution < -0.4 is 0 Å². The predicted octanol–water partition coefficient (Wildman–Crippen LogP) is 6.61. The summed E-state index contributed by atoms with van der Waals surface area (Å²) in [6, 6.07) is 2.72. The van der Waals surface area contributed by atoms with Gasteiger partial charge in [-0.05, 0) is 55.3 Å². The molecule has 4 heteroatoms.